The molecular weight excluding hydrogens is 471 g/mol. The predicted octanol–water partition coefficient (Wildman–Crippen LogP) is 3.65. The Labute approximate surface area is 208 Å². The lowest BCUT2D eigenvalue weighted by Gasteiger charge is -2.32. The summed E-state index contributed by atoms with van der Waals surface area (Å²) in [5, 5.41) is 3.35. The minimum atomic E-state index is -0.403. The first-order chi connectivity index (χ1) is 17.0. The number of halogens is 2. The number of aromatic nitrogens is 2. The molecule has 0 saturated carbocycles. The van der Waals surface area contributed by atoms with E-state index in [-0.39, 0.29) is 5.91 Å². The van der Waals surface area contributed by atoms with E-state index in [1.165, 1.54) is 12.1 Å². The van der Waals surface area contributed by atoms with Gasteiger partial charge in [-0.15, -0.1) is 0 Å². The third-order valence-electron chi connectivity index (χ3n) is 6.20. The SMILES string of the molecule is CN1CCN(CC(=O)Nc2cc(N3CCOc4cnc(-c5cc(Cl)ccc5F)cc43)ccn2)CC1. The minimum absolute atomic E-state index is 0.0931. The maximum absolute atomic E-state index is 14.5. The molecule has 8 nitrogen and oxygen atoms in total. The van der Waals surface area contributed by atoms with E-state index in [1.54, 1.807) is 24.5 Å². The molecule has 1 amide bonds. The van der Waals surface area contributed by atoms with E-state index in [0.29, 0.717) is 47.5 Å². The molecule has 5 rings (SSSR count). The third-order valence-corrected chi connectivity index (χ3v) is 6.44. The van der Waals surface area contributed by atoms with Crippen LogP contribution < -0.4 is 15.0 Å². The molecule has 3 aromatic rings. The zero-order valence-electron chi connectivity index (χ0n) is 19.4. The van der Waals surface area contributed by atoms with Crippen LogP contribution in [0.4, 0.5) is 21.6 Å². The summed E-state index contributed by atoms with van der Waals surface area (Å²) in [4.78, 5) is 27.8. The highest BCUT2D eigenvalue weighted by molar-refractivity contribution is 6.30. The van der Waals surface area contributed by atoms with Gasteiger partial charge in [-0.2, -0.15) is 0 Å². The first-order valence-electron chi connectivity index (χ1n) is 11.5. The molecule has 1 aromatic carbocycles. The minimum Gasteiger partial charge on any atom is -0.488 e. The fourth-order valence-electron chi connectivity index (χ4n) is 4.28. The van der Waals surface area contributed by atoms with Crippen molar-refractivity contribution in [2.24, 2.45) is 0 Å². The predicted molar refractivity (Wildman–Crippen MR) is 134 cm³/mol. The van der Waals surface area contributed by atoms with Gasteiger partial charge in [0.15, 0.2) is 5.75 Å². The number of anilines is 3. The number of pyridine rings is 2. The van der Waals surface area contributed by atoms with Gasteiger partial charge in [0, 0.05) is 54.7 Å². The standard InChI is InChI=1S/C25H26ClFN6O2/c1-31-6-8-32(9-7-31)16-25(34)30-24-13-18(4-5-28-24)33-10-11-35-23-15-29-21(14-22(23)33)19-12-17(26)2-3-20(19)27/h2-5,12-15H,6-11,16H2,1H3,(H,28,30,34). The molecule has 2 aliphatic heterocycles. The van der Waals surface area contributed by atoms with Crippen LogP contribution in [0.1, 0.15) is 0 Å². The van der Waals surface area contributed by atoms with Crippen molar-refractivity contribution in [3.05, 3.63) is 59.6 Å². The molecule has 1 fully saturated rings. The van der Waals surface area contributed by atoms with Gasteiger partial charge in [-0.1, -0.05) is 11.6 Å². The van der Waals surface area contributed by atoms with Crippen molar-refractivity contribution in [3.8, 4) is 17.0 Å². The van der Waals surface area contributed by atoms with Crippen LogP contribution in [0, 0.1) is 5.82 Å². The Kier molecular flexibility index (Phi) is 6.81. The monoisotopic (exact) mass is 496 g/mol. The second kappa shape index (κ2) is 10.2. The van der Waals surface area contributed by atoms with Crippen LogP contribution in [-0.2, 0) is 4.79 Å². The number of benzene rings is 1. The Morgan fingerprint density at radius 3 is 2.77 bits per heavy atom. The number of nitrogens with one attached hydrogen (secondary N) is 1. The molecule has 0 spiro atoms. The summed E-state index contributed by atoms with van der Waals surface area (Å²) in [6.07, 6.45) is 3.26. The van der Waals surface area contributed by atoms with Crippen LogP contribution in [0.25, 0.3) is 11.3 Å². The van der Waals surface area contributed by atoms with Crippen LogP contribution in [0.5, 0.6) is 5.75 Å². The van der Waals surface area contributed by atoms with Crippen LogP contribution in [-0.4, -0.2) is 78.6 Å². The summed E-state index contributed by atoms with van der Waals surface area (Å²) in [7, 11) is 2.08. The van der Waals surface area contributed by atoms with E-state index in [0.717, 1.165) is 37.6 Å². The van der Waals surface area contributed by atoms with Gasteiger partial charge in [-0.05, 0) is 37.4 Å². The van der Waals surface area contributed by atoms with Crippen molar-refractivity contribution in [1.82, 2.24) is 19.8 Å². The van der Waals surface area contributed by atoms with Gasteiger partial charge in [0.05, 0.1) is 30.7 Å². The molecule has 2 aromatic heterocycles. The van der Waals surface area contributed by atoms with E-state index in [9.17, 15) is 9.18 Å². The largest absolute Gasteiger partial charge is 0.488 e. The van der Waals surface area contributed by atoms with Crippen molar-refractivity contribution in [1.29, 1.82) is 0 Å². The average Bonchev–Trinajstić information content (AvgIpc) is 2.86. The smallest absolute Gasteiger partial charge is 0.239 e. The first-order valence-corrected chi connectivity index (χ1v) is 11.9. The maximum Gasteiger partial charge on any atom is 0.239 e. The van der Waals surface area contributed by atoms with Gasteiger partial charge in [0.25, 0.3) is 0 Å². The van der Waals surface area contributed by atoms with E-state index >= 15 is 0 Å². The van der Waals surface area contributed by atoms with Gasteiger partial charge in [0.1, 0.15) is 18.2 Å². The molecule has 1 saturated heterocycles. The molecule has 1 N–H and O–H groups in total. The van der Waals surface area contributed by atoms with Crippen molar-refractivity contribution >= 4 is 34.7 Å². The van der Waals surface area contributed by atoms with Crippen LogP contribution >= 0.6 is 11.6 Å². The zero-order valence-corrected chi connectivity index (χ0v) is 20.1. The number of piperazine rings is 1. The molecule has 4 heterocycles. The second-order valence-corrected chi connectivity index (χ2v) is 9.12. The van der Waals surface area contributed by atoms with Gasteiger partial charge < -0.3 is 19.9 Å². The zero-order chi connectivity index (χ0) is 24.4. The number of carbonyl (C=O) groups is 1. The molecule has 0 bridgehead atoms. The number of nitrogens with zero attached hydrogens (tertiary/aromatic N) is 5. The van der Waals surface area contributed by atoms with E-state index in [2.05, 4.69) is 32.1 Å². The number of carbonyl (C=O) groups excluding carboxylic acids is 1. The van der Waals surface area contributed by atoms with Crippen molar-refractivity contribution in [2.45, 2.75) is 0 Å². The number of ether oxygens (including phenoxy) is 1. The summed E-state index contributed by atoms with van der Waals surface area (Å²) in [5.74, 6) is 0.577. The Bertz CT molecular complexity index is 1230. The van der Waals surface area contributed by atoms with Gasteiger partial charge in [-0.3, -0.25) is 14.7 Å². The maximum atomic E-state index is 14.5. The van der Waals surface area contributed by atoms with Crippen molar-refractivity contribution < 1.29 is 13.9 Å². The topological polar surface area (TPSA) is 73.8 Å². The Balaban J connectivity index is 1.36. The first kappa shape index (κ1) is 23.5. The Morgan fingerprint density at radius 2 is 1.94 bits per heavy atom. The lowest BCUT2D eigenvalue weighted by atomic mass is 10.1. The number of fused-ring (bicyclic) bond motifs is 1. The Morgan fingerprint density at radius 1 is 1.11 bits per heavy atom. The van der Waals surface area contributed by atoms with Gasteiger partial charge in [0.2, 0.25) is 5.91 Å². The highest BCUT2D eigenvalue weighted by Crippen LogP contribution is 2.39. The lowest BCUT2D eigenvalue weighted by molar-refractivity contribution is -0.117. The molecular formula is C25H26ClFN6O2. The van der Waals surface area contributed by atoms with E-state index in [1.807, 2.05) is 17.0 Å². The number of likely N-dealkylation sites (N-methyl/N-ethyl adjacent to an activating group) is 1. The second-order valence-electron chi connectivity index (χ2n) is 8.69. The lowest BCUT2D eigenvalue weighted by Crippen LogP contribution is -2.47. The molecule has 35 heavy (non-hydrogen) atoms. The number of hydrogen-bond acceptors (Lipinski definition) is 7. The fourth-order valence-corrected chi connectivity index (χ4v) is 4.45. The fraction of sp³-hybridized carbons (Fsp3) is 0.320. The molecule has 0 unspecified atom stereocenters. The summed E-state index contributed by atoms with van der Waals surface area (Å²) in [6, 6.07) is 9.87. The van der Waals surface area contributed by atoms with Crippen LogP contribution in [0.15, 0.2) is 48.8 Å². The highest BCUT2D eigenvalue weighted by atomic mass is 35.5. The molecule has 2 aliphatic rings. The molecule has 10 heteroatoms. The molecule has 0 radical (unpaired) electrons. The normalized spacial score (nSPS) is 16.5. The third kappa shape index (κ3) is 5.37. The van der Waals surface area contributed by atoms with Gasteiger partial charge >= 0.3 is 0 Å². The summed E-state index contributed by atoms with van der Waals surface area (Å²) >= 11 is 6.09. The highest BCUT2D eigenvalue weighted by Gasteiger charge is 2.23. The summed E-state index contributed by atoms with van der Waals surface area (Å²) in [6.45, 7) is 5.01. The van der Waals surface area contributed by atoms with E-state index < -0.39 is 5.82 Å². The van der Waals surface area contributed by atoms with Crippen molar-refractivity contribution in [3.63, 3.8) is 0 Å². The molecule has 0 atom stereocenters. The summed E-state index contributed by atoms with van der Waals surface area (Å²) < 4.78 is 20.3. The van der Waals surface area contributed by atoms with Crippen molar-refractivity contribution in [2.75, 3.05) is 63.1 Å². The average molecular weight is 497 g/mol. The quantitative estimate of drug-likeness (QED) is 0.578. The van der Waals surface area contributed by atoms with E-state index in [4.69, 9.17) is 16.3 Å². The van der Waals surface area contributed by atoms with Gasteiger partial charge in [-0.25, -0.2) is 9.37 Å². The number of hydrogen-bond donors (Lipinski definition) is 1. The molecule has 0 aliphatic carbocycles. The Hall–Kier alpha value is -3.27. The van der Waals surface area contributed by atoms with Crippen LogP contribution in [0.2, 0.25) is 5.02 Å². The summed E-state index contributed by atoms with van der Waals surface area (Å²) in [5.41, 5.74) is 2.36. The van der Waals surface area contributed by atoms with Crippen LogP contribution in [0.3, 0.4) is 0 Å². The number of amides is 1. The molecule has 182 valence electrons. The number of rotatable bonds is 5.